The van der Waals surface area contributed by atoms with Crippen LogP contribution >= 0.6 is 0 Å². The van der Waals surface area contributed by atoms with Gasteiger partial charge in [-0.05, 0) is 35.7 Å². The average molecular weight is 503 g/mol. The highest BCUT2D eigenvalue weighted by atomic mass is 19.1. The molecule has 0 saturated heterocycles. The largest absolute Gasteiger partial charge is 0.494 e. The normalized spacial score (nSPS) is 10.8. The van der Waals surface area contributed by atoms with E-state index in [1.54, 1.807) is 10.9 Å². The number of nitrogens with zero attached hydrogens (tertiary/aromatic N) is 5. The Balaban J connectivity index is 1.47. The molecule has 1 amide bonds. The van der Waals surface area contributed by atoms with Gasteiger partial charge in [0.15, 0.2) is 11.6 Å². The molecule has 0 saturated carbocycles. The number of nitriles is 1. The molecule has 37 heavy (non-hydrogen) atoms. The van der Waals surface area contributed by atoms with Gasteiger partial charge in [0.05, 0.1) is 50.2 Å². The van der Waals surface area contributed by atoms with Gasteiger partial charge in [-0.3, -0.25) is 14.2 Å². The number of amides is 1. The van der Waals surface area contributed by atoms with E-state index in [-0.39, 0.29) is 30.0 Å². The number of carbonyl (C=O) groups is 1. The lowest BCUT2D eigenvalue weighted by molar-refractivity contribution is 0.0945. The zero-order chi connectivity index (χ0) is 26.4. The van der Waals surface area contributed by atoms with E-state index in [1.165, 1.54) is 26.4 Å². The first-order valence-electron chi connectivity index (χ1n) is 11.6. The highest BCUT2D eigenvalue weighted by molar-refractivity contribution is 5.95. The third kappa shape index (κ3) is 6.02. The van der Waals surface area contributed by atoms with Crippen molar-refractivity contribution in [2.75, 3.05) is 14.2 Å². The summed E-state index contributed by atoms with van der Waals surface area (Å²) in [5.74, 6) is -1.13. The van der Waals surface area contributed by atoms with E-state index < -0.39 is 11.7 Å². The van der Waals surface area contributed by atoms with Crippen molar-refractivity contribution in [2.24, 2.45) is 0 Å². The molecule has 4 aromatic rings. The molecule has 0 radical (unpaired) electrons. The summed E-state index contributed by atoms with van der Waals surface area (Å²) < 4.78 is 28.5. The van der Waals surface area contributed by atoms with Gasteiger partial charge in [-0.1, -0.05) is 24.3 Å². The second-order valence-electron chi connectivity index (χ2n) is 8.55. The van der Waals surface area contributed by atoms with E-state index in [2.05, 4.69) is 15.5 Å². The molecule has 9 nitrogen and oxygen atoms in total. The number of nitrogens with one attached hydrogen (secondary N) is 1. The molecule has 190 valence electrons. The summed E-state index contributed by atoms with van der Waals surface area (Å²) in [5.41, 5.74) is 4.19. The molecule has 0 unspecified atom stereocenters. The van der Waals surface area contributed by atoms with Crippen LogP contribution in [0, 0.1) is 24.1 Å². The highest BCUT2D eigenvalue weighted by Crippen LogP contribution is 2.23. The Morgan fingerprint density at radius 1 is 1.08 bits per heavy atom. The summed E-state index contributed by atoms with van der Waals surface area (Å²) >= 11 is 0. The maximum absolute atomic E-state index is 14.7. The summed E-state index contributed by atoms with van der Waals surface area (Å²) in [6, 6.07) is 12.9. The Morgan fingerprint density at radius 3 is 2.38 bits per heavy atom. The molecule has 0 bridgehead atoms. The van der Waals surface area contributed by atoms with E-state index in [0.717, 1.165) is 16.7 Å². The third-order valence-electron chi connectivity index (χ3n) is 5.81. The lowest BCUT2D eigenvalue weighted by Gasteiger charge is -2.10. The summed E-state index contributed by atoms with van der Waals surface area (Å²) in [7, 11) is 2.86. The summed E-state index contributed by atoms with van der Waals surface area (Å²) in [5, 5.41) is 20.8. The number of halogens is 1. The summed E-state index contributed by atoms with van der Waals surface area (Å²) in [6.45, 7) is 3.09. The maximum Gasteiger partial charge on any atom is 0.255 e. The van der Waals surface area contributed by atoms with Gasteiger partial charge in [-0.15, -0.1) is 0 Å². The minimum atomic E-state index is -0.680. The first-order chi connectivity index (χ1) is 17.9. The average Bonchev–Trinajstić information content (AvgIpc) is 3.49. The molecular formula is C27H27FN6O3. The maximum atomic E-state index is 14.7. The van der Waals surface area contributed by atoms with Crippen LogP contribution < -0.4 is 10.1 Å². The van der Waals surface area contributed by atoms with Crippen molar-refractivity contribution in [2.45, 2.75) is 33.2 Å². The van der Waals surface area contributed by atoms with Crippen LogP contribution in [0.4, 0.5) is 4.39 Å². The zero-order valence-corrected chi connectivity index (χ0v) is 20.9. The minimum Gasteiger partial charge on any atom is -0.494 e. The third-order valence-corrected chi connectivity index (χ3v) is 5.81. The van der Waals surface area contributed by atoms with E-state index in [4.69, 9.17) is 9.47 Å². The molecule has 1 N–H and O–H groups in total. The molecule has 0 aliphatic rings. The number of rotatable bonds is 10. The number of methoxy groups -OCH3 is 2. The van der Waals surface area contributed by atoms with Crippen LogP contribution in [0.5, 0.6) is 5.75 Å². The number of hydrogen-bond donors (Lipinski definition) is 1. The first kappa shape index (κ1) is 25.6. The minimum absolute atomic E-state index is 0.00176. The number of benzene rings is 2. The van der Waals surface area contributed by atoms with Gasteiger partial charge in [-0.25, -0.2) is 4.39 Å². The molecule has 0 aliphatic heterocycles. The number of aromatic nitrogens is 4. The van der Waals surface area contributed by atoms with E-state index in [9.17, 15) is 14.4 Å². The van der Waals surface area contributed by atoms with Crippen LogP contribution in [0.25, 0.3) is 0 Å². The van der Waals surface area contributed by atoms with Crippen LogP contribution in [-0.4, -0.2) is 39.7 Å². The molecule has 0 aliphatic carbocycles. The van der Waals surface area contributed by atoms with Crippen molar-refractivity contribution in [3.05, 3.63) is 99.9 Å². The topological polar surface area (TPSA) is 107 Å². The Kier molecular flexibility index (Phi) is 7.95. The quantitative estimate of drug-likeness (QED) is 0.355. The van der Waals surface area contributed by atoms with Crippen LogP contribution in [0.2, 0.25) is 0 Å². The van der Waals surface area contributed by atoms with Crippen molar-refractivity contribution in [3.63, 3.8) is 0 Å². The van der Waals surface area contributed by atoms with Gasteiger partial charge >= 0.3 is 0 Å². The van der Waals surface area contributed by atoms with Gasteiger partial charge in [-0.2, -0.15) is 15.5 Å². The standard InChI is InChI=1S/C27H27FN6O3/c1-18-11-31-33(13-18)14-19-4-6-20(7-5-19)15-34-16-23(24(32-34)17-36-2)27(35)30-12-22-21(10-29)8-9-25(37-3)26(22)28/h4-9,11,13,16H,12,14-15,17H2,1-3H3,(H,30,35). The van der Waals surface area contributed by atoms with Gasteiger partial charge in [0, 0.05) is 31.6 Å². The molecule has 0 fully saturated rings. The lowest BCUT2D eigenvalue weighted by atomic mass is 10.1. The highest BCUT2D eigenvalue weighted by Gasteiger charge is 2.19. The van der Waals surface area contributed by atoms with E-state index in [0.29, 0.717) is 24.3 Å². The van der Waals surface area contributed by atoms with Gasteiger partial charge < -0.3 is 14.8 Å². The van der Waals surface area contributed by atoms with Crippen molar-refractivity contribution in [1.82, 2.24) is 24.9 Å². The smallest absolute Gasteiger partial charge is 0.255 e. The Bertz CT molecular complexity index is 1440. The fraction of sp³-hybridized carbons (Fsp3) is 0.259. The van der Waals surface area contributed by atoms with E-state index >= 15 is 0 Å². The molecule has 0 spiro atoms. The molecule has 10 heteroatoms. The molecule has 2 aromatic heterocycles. The van der Waals surface area contributed by atoms with Gasteiger partial charge in [0.25, 0.3) is 5.91 Å². The summed E-state index contributed by atoms with van der Waals surface area (Å²) in [6.07, 6.45) is 5.45. The lowest BCUT2D eigenvalue weighted by Crippen LogP contribution is -2.24. The molecule has 0 atom stereocenters. The predicted octanol–water partition coefficient (Wildman–Crippen LogP) is 3.58. The van der Waals surface area contributed by atoms with Gasteiger partial charge in [0.1, 0.15) is 5.69 Å². The Morgan fingerprint density at radius 2 is 1.78 bits per heavy atom. The Hall–Kier alpha value is -4.49. The number of ether oxygens (including phenoxy) is 2. The first-order valence-corrected chi connectivity index (χ1v) is 11.6. The van der Waals surface area contributed by atoms with Crippen molar-refractivity contribution < 1.29 is 18.7 Å². The van der Waals surface area contributed by atoms with Crippen molar-refractivity contribution in [3.8, 4) is 11.8 Å². The van der Waals surface area contributed by atoms with Gasteiger partial charge in [0.2, 0.25) is 0 Å². The number of hydrogen-bond acceptors (Lipinski definition) is 6. The predicted molar refractivity (Wildman–Crippen MR) is 133 cm³/mol. The number of aryl methyl sites for hydroxylation is 1. The fourth-order valence-corrected chi connectivity index (χ4v) is 3.95. The van der Waals surface area contributed by atoms with E-state index in [1.807, 2.05) is 54.3 Å². The molecular weight excluding hydrogens is 475 g/mol. The van der Waals surface area contributed by atoms with Crippen LogP contribution in [-0.2, 0) is 31.0 Å². The summed E-state index contributed by atoms with van der Waals surface area (Å²) in [4.78, 5) is 13.0. The molecule has 4 rings (SSSR count). The fourth-order valence-electron chi connectivity index (χ4n) is 3.95. The van der Waals surface area contributed by atoms with Crippen LogP contribution in [0.1, 0.15) is 43.9 Å². The molecule has 2 heterocycles. The van der Waals surface area contributed by atoms with Crippen molar-refractivity contribution >= 4 is 5.91 Å². The van der Waals surface area contributed by atoms with Crippen molar-refractivity contribution in [1.29, 1.82) is 5.26 Å². The Labute approximate surface area is 214 Å². The second-order valence-corrected chi connectivity index (χ2v) is 8.55. The monoisotopic (exact) mass is 502 g/mol. The van der Waals surface area contributed by atoms with Crippen LogP contribution in [0.3, 0.4) is 0 Å². The second kappa shape index (κ2) is 11.5. The van der Waals surface area contributed by atoms with Crippen LogP contribution in [0.15, 0.2) is 55.0 Å². The zero-order valence-electron chi connectivity index (χ0n) is 20.9. The molecule has 2 aromatic carbocycles. The number of carbonyl (C=O) groups excluding carboxylic acids is 1. The SMILES string of the molecule is COCc1nn(Cc2ccc(Cn3cc(C)cn3)cc2)cc1C(=O)NCc1c(C#N)ccc(OC)c1F.